The summed E-state index contributed by atoms with van der Waals surface area (Å²) in [6, 6.07) is 0. The average molecular weight is 182 g/mol. The van der Waals surface area contributed by atoms with Crippen molar-refractivity contribution >= 4 is 11.6 Å². The molecule has 13 heavy (non-hydrogen) atoms. The molecule has 1 rings (SSSR count). The smallest absolute Gasteiger partial charge is 0.149 e. The highest BCUT2D eigenvalue weighted by atomic mass is 16.1. The fraction of sp³-hybridized carbons (Fsp3) is 0.556. The van der Waals surface area contributed by atoms with Gasteiger partial charge in [0.05, 0.1) is 19.8 Å². The molecular formula is C9H14N2O2. The van der Waals surface area contributed by atoms with E-state index in [-0.39, 0.29) is 11.6 Å². The van der Waals surface area contributed by atoms with E-state index in [1.165, 1.54) is 0 Å². The van der Waals surface area contributed by atoms with Crippen LogP contribution >= 0.6 is 0 Å². The number of ketones is 2. The van der Waals surface area contributed by atoms with Crippen LogP contribution in [0.5, 0.6) is 0 Å². The Balaban J connectivity index is 2.33. The average Bonchev–Trinajstić information content (AvgIpc) is 2.33. The van der Waals surface area contributed by atoms with Gasteiger partial charge in [-0.1, -0.05) is 0 Å². The second-order valence-corrected chi connectivity index (χ2v) is 3.34. The van der Waals surface area contributed by atoms with Gasteiger partial charge in [-0.25, -0.2) is 0 Å². The Morgan fingerprint density at radius 1 is 1.08 bits per heavy atom. The van der Waals surface area contributed by atoms with Gasteiger partial charge in [0.2, 0.25) is 0 Å². The summed E-state index contributed by atoms with van der Waals surface area (Å²) in [4.78, 5) is 25.3. The van der Waals surface area contributed by atoms with Crippen LogP contribution in [-0.4, -0.2) is 41.1 Å². The van der Waals surface area contributed by atoms with Crippen molar-refractivity contribution in [3.63, 3.8) is 0 Å². The van der Waals surface area contributed by atoms with E-state index >= 15 is 0 Å². The normalized spacial score (nSPS) is 15.2. The van der Waals surface area contributed by atoms with Crippen molar-refractivity contribution < 1.29 is 9.59 Å². The molecule has 1 aliphatic heterocycles. The molecule has 0 aliphatic carbocycles. The van der Waals surface area contributed by atoms with Gasteiger partial charge in [0.25, 0.3) is 0 Å². The minimum Gasteiger partial charge on any atom is -0.351 e. The summed E-state index contributed by atoms with van der Waals surface area (Å²) in [5, 5.41) is 0. The summed E-state index contributed by atoms with van der Waals surface area (Å²) in [6.07, 6.45) is 3.68. The molecule has 4 heteroatoms. The lowest BCUT2D eigenvalue weighted by Crippen LogP contribution is -2.31. The van der Waals surface area contributed by atoms with E-state index in [2.05, 4.69) is 0 Å². The quantitative estimate of drug-likeness (QED) is 0.623. The van der Waals surface area contributed by atoms with Gasteiger partial charge in [0, 0.05) is 12.4 Å². The van der Waals surface area contributed by atoms with Crippen molar-refractivity contribution in [2.75, 3.05) is 19.8 Å². The van der Waals surface area contributed by atoms with Crippen molar-refractivity contribution in [1.82, 2.24) is 9.80 Å². The maximum atomic E-state index is 10.8. The van der Waals surface area contributed by atoms with E-state index in [1.807, 2.05) is 22.2 Å². The van der Waals surface area contributed by atoms with Crippen LogP contribution in [0, 0.1) is 0 Å². The Hall–Kier alpha value is -1.32. The molecule has 1 aliphatic rings. The third-order valence-electron chi connectivity index (χ3n) is 1.70. The Morgan fingerprint density at radius 2 is 1.46 bits per heavy atom. The van der Waals surface area contributed by atoms with Crippen molar-refractivity contribution in [2.24, 2.45) is 0 Å². The van der Waals surface area contributed by atoms with Crippen LogP contribution in [0.15, 0.2) is 12.4 Å². The first-order valence-corrected chi connectivity index (χ1v) is 4.23. The molecule has 4 nitrogen and oxygen atoms in total. The second-order valence-electron chi connectivity index (χ2n) is 3.34. The van der Waals surface area contributed by atoms with Crippen molar-refractivity contribution in [3.8, 4) is 0 Å². The summed E-state index contributed by atoms with van der Waals surface area (Å²) in [5.74, 6) is 0.267. The lowest BCUT2D eigenvalue weighted by molar-refractivity contribution is -0.117. The van der Waals surface area contributed by atoms with Crippen LogP contribution in [0.3, 0.4) is 0 Å². The molecule has 0 unspecified atom stereocenters. The molecule has 1 heterocycles. The maximum Gasteiger partial charge on any atom is 0.149 e. The number of hydrogen-bond donors (Lipinski definition) is 0. The topological polar surface area (TPSA) is 40.6 Å². The number of nitrogens with zero attached hydrogens (tertiary/aromatic N) is 2. The summed E-state index contributed by atoms with van der Waals surface area (Å²) in [7, 11) is 0. The fourth-order valence-electron chi connectivity index (χ4n) is 1.29. The molecule has 0 radical (unpaired) electrons. The van der Waals surface area contributed by atoms with Crippen LogP contribution in [0.1, 0.15) is 13.8 Å². The molecule has 0 bridgehead atoms. The summed E-state index contributed by atoms with van der Waals surface area (Å²) in [6.45, 7) is 4.60. The molecule has 0 aromatic heterocycles. The standard InChI is InChI=1S/C9H14N2O2/c1-8(12)5-10-3-4-11(7-10)6-9(2)13/h3-4H,5-7H2,1-2H3. The van der Waals surface area contributed by atoms with Gasteiger partial charge in [-0.2, -0.15) is 0 Å². The van der Waals surface area contributed by atoms with E-state index in [9.17, 15) is 9.59 Å². The summed E-state index contributed by atoms with van der Waals surface area (Å²) < 4.78 is 0. The maximum absolute atomic E-state index is 10.8. The van der Waals surface area contributed by atoms with E-state index in [4.69, 9.17) is 0 Å². The van der Waals surface area contributed by atoms with Gasteiger partial charge in [0.1, 0.15) is 11.6 Å². The van der Waals surface area contributed by atoms with Crippen molar-refractivity contribution in [1.29, 1.82) is 0 Å². The van der Waals surface area contributed by atoms with Crippen molar-refractivity contribution in [3.05, 3.63) is 12.4 Å². The van der Waals surface area contributed by atoms with Gasteiger partial charge in [0.15, 0.2) is 0 Å². The predicted molar refractivity (Wildman–Crippen MR) is 48.8 cm³/mol. The Bertz CT molecular complexity index is 224. The molecule has 0 saturated carbocycles. The highest BCUT2D eigenvalue weighted by molar-refractivity contribution is 5.78. The molecule has 0 atom stereocenters. The van der Waals surface area contributed by atoms with Gasteiger partial charge in [-0.05, 0) is 13.8 Å². The summed E-state index contributed by atoms with van der Waals surface area (Å²) >= 11 is 0. The second kappa shape index (κ2) is 4.07. The van der Waals surface area contributed by atoms with Crippen LogP contribution in [0.2, 0.25) is 0 Å². The molecule has 0 aromatic carbocycles. The SMILES string of the molecule is CC(=O)CN1C=CN(CC(C)=O)C1. The van der Waals surface area contributed by atoms with Gasteiger partial charge in [-0.3, -0.25) is 9.59 Å². The van der Waals surface area contributed by atoms with E-state index in [0.717, 1.165) is 0 Å². The first-order valence-electron chi connectivity index (χ1n) is 4.23. The first kappa shape index (κ1) is 9.77. The Kier molecular flexibility index (Phi) is 3.06. The molecular weight excluding hydrogens is 168 g/mol. The Labute approximate surface area is 77.8 Å². The van der Waals surface area contributed by atoms with Gasteiger partial charge < -0.3 is 9.80 Å². The third kappa shape index (κ3) is 3.27. The zero-order valence-electron chi connectivity index (χ0n) is 7.99. The van der Waals surface area contributed by atoms with Crippen LogP contribution in [0.25, 0.3) is 0 Å². The zero-order valence-corrected chi connectivity index (χ0v) is 7.99. The molecule has 0 fully saturated rings. The number of carbonyl (C=O) groups excluding carboxylic acids is 2. The highest BCUT2D eigenvalue weighted by Crippen LogP contribution is 2.05. The molecule has 72 valence electrons. The molecule has 0 spiro atoms. The fourth-order valence-corrected chi connectivity index (χ4v) is 1.29. The monoisotopic (exact) mass is 182 g/mol. The van der Waals surface area contributed by atoms with Gasteiger partial charge in [-0.15, -0.1) is 0 Å². The van der Waals surface area contributed by atoms with E-state index in [1.54, 1.807) is 13.8 Å². The highest BCUT2D eigenvalue weighted by Gasteiger charge is 2.13. The number of carbonyl (C=O) groups is 2. The molecule has 0 saturated heterocycles. The predicted octanol–water partition coefficient (Wildman–Crippen LogP) is 0.211. The van der Waals surface area contributed by atoms with Crippen molar-refractivity contribution in [2.45, 2.75) is 13.8 Å². The summed E-state index contributed by atoms with van der Waals surface area (Å²) in [5.41, 5.74) is 0. The first-order chi connectivity index (χ1) is 6.08. The minimum atomic E-state index is 0.134. The largest absolute Gasteiger partial charge is 0.351 e. The van der Waals surface area contributed by atoms with Crippen LogP contribution in [-0.2, 0) is 9.59 Å². The minimum absolute atomic E-state index is 0.134. The number of rotatable bonds is 4. The third-order valence-corrected chi connectivity index (χ3v) is 1.70. The lowest BCUT2D eigenvalue weighted by atomic mass is 10.4. The number of hydrogen-bond acceptors (Lipinski definition) is 4. The van der Waals surface area contributed by atoms with Crippen LogP contribution in [0.4, 0.5) is 0 Å². The van der Waals surface area contributed by atoms with Crippen LogP contribution < -0.4 is 0 Å². The lowest BCUT2D eigenvalue weighted by Gasteiger charge is -2.18. The van der Waals surface area contributed by atoms with E-state index < -0.39 is 0 Å². The molecule has 0 N–H and O–H groups in total. The number of Topliss-reactive ketones (excluding diaryl/α,β-unsaturated/α-hetero) is 2. The molecule has 0 amide bonds. The molecule has 0 aromatic rings. The van der Waals surface area contributed by atoms with E-state index in [0.29, 0.717) is 19.8 Å². The zero-order chi connectivity index (χ0) is 9.84. The van der Waals surface area contributed by atoms with Gasteiger partial charge >= 0.3 is 0 Å². The Morgan fingerprint density at radius 3 is 1.77 bits per heavy atom.